The minimum Gasteiger partial charge on any atom is -0.497 e. The van der Waals surface area contributed by atoms with Crippen LogP contribution in [0.3, 0.4) is 0 Å². The number of methoxy groups -OCH3 is 1. The van der Waals surface area contributed by atoms with Crippen molar-refractivity contribution in [3.05, 3.63) is 86.2 Å². The van der Waals surface area contributed by atoms with Crippen LogP contribution in [-0.4, -0.2) is 58.6 Å². The number of nitrogens with zero attached hydrogens (tertiary/aromatic N) is 4. The highest BCUT2D eigenvalue weighted by molar-refractivity contribution is 5.91. The third-order valence-electron chi connectivity index (χ3n) is 5.31. The van der Waals surface area contributed by atoms with E-state index in [4.69, 9.17) is 9.47 Å². The van der Waals surface area contributed by atoms with Crippen LogP contribution < -0.4 is 16.0 Å². The van der Waals surface area contributed by atoms with E-state index in [1.165, 1.54) is 4.90 Å². The van der Waals surface area contributed by atoms with E-state index in [0.717, 1.165) is 14.8 Å². The first kappa shape index (κ1) is 21.5. The zero-order chi connectivity index (χ0) is 22.7. The predicted molar refractivity (Wildman–Crippen MR) is 118 cm³/mol. The molecule has 166 valence electrons. The van der Waals surface area contributed by atoms with Gasteiger partial charge in [-0.2, -0.15) is 9.78 Å². The third-order valence-corrected chi connectivity index (χ3v) is 5.31. The molecule has 0 bridgehead atoms. The molecule has 9 nitrogen and oxygen atoms in total. The molecule has 9 heteroatoms. The molecule has 1 amide bonds. The molecule has 0 N–H and O–H groups in total. The number of hydrogen-bond donors (Lipinski definition) is 0. The van der Waals surface area contributed by atoms with Crippen LogP contribution in [0, 0.1) is 6.92 Å². The van der Waals surface area contributed by atoms with Crippen LogP contribution in [0.5, 0.6) is 5.75 Å². The highest BCUT2D eigenvalue weighted by atomic mass is 16.5. The first-order valence-electron chi connectivity index (χ1n) is 10.3. The Morgan fingerprint density at radius 1 is 1.09 bits per heavy atom. The summed E-state index contributed by atoms with van der Waals surface area (Å²) in [6.07, 6.45) is 0. The number of morpholine rings is 1. The number of ether oxygens (including phenoxy) is 2. The maximum absolute atomic E-state index is 13.3. The average Bonchev–Trinajstić information content (AvgIpc) is 2.83. The zero-order valence-corrected chi connectivity index (χ0v) is 18.0. The summed E-state index contributed by atoms with van der Waals surface area (Å²) in [5, 5.41) is 4.20. The van der Waals surface area contributed by atoms with Gasteiger partial charge in [0.15, 0.2) is 0 Å². The third kappa shape index (κ3) is 4.33. The molecular formula is C23H24N4O5. The van der Waals surface area contributed by atoms with Gasteiger partial charge in [-0.15, -0.1) is 0 Å². The summed E-state index contributed by atoms with van der Waals surface area (Å²) in [5.41, 5.74) is 0.523. The fraction of sp³-hybridized carbons (Fsp3) is 0.304. The summed E-state index contributed by atoms with van der Waals surface area (Å²) in [6.45, 7) is 3.41. The monoisotopic (exact) mass is 436 g/mol. The van der Waals surface area contributed by atoms with Gasteiger partial charge in [-0.05, 0) is 36.8 Å². The van der Waals surface area contributed by atoms with E-state index in [2.05, 4.69) is 5.10 Å². The number of carbonyl (C=O) groups is 1. The topological polar surface area (TPSA) is 95.7 Å². The number of amides is 1. The molecule has 0 aliphatic carbocycles. The van der Waals surface area contributed by atoms with Crippen molar-refractivity contribution in [2.75, 3.05) is 33.4 Å². The molecule has 1 aromatic heterocycles. The Morgan fingerprint density at radius 2 is 1.81 bits per heavy atom. The fourth-order valence-corrected chi connectivity index (χ4v) is 3.51. The van der Waals surface area contributed by atoms with E-state index in [1.807, 2.05) is 19.1 Å². The molecule has 0 saturated carbocycles. The largest absolute Gasteiger partial charge is 0.497 e. The molecule has 4 rings (SSSR count). The van der Waals surface area contributed by atoms with Crippen LogP contribution >= 0.6 is 0 Å². The van der Waals surface area contributed by atoms with E-state index >= 15 is 0 Å². The zero-order valence-electron chi connectivity index (χ0n) is 18.0. The van der Waals surface area contributed by atoms with E-state index in [0.29, 0.717) is 43.3 Å². The second-order valence-electron chi connectivity index (χ2n) is 7.53. The Kier molecular flexibility index (Phi) is 6.18. The molecule has 3 aromatic rings. The maximum atomic E-state index is 13.3. The van der Waals surface area contributed by atoms with Crippen molar-refractivity contribution in [2.45, 2.75) is 13.5 Å². The van der Waals surface area contributed by atoms with Crippen molar-refractivity contribution >= 4 is 5.91 Å². The molecule has 2 heterocycles. The van der Waals surface area contributed by atoms with Gasteiger partial charge in [-0.1, -0.05) is 29.8 Å². The maximum Gasteiger partial charge on any atom is 0.352 e. The predicted octanol–water partition coefficient (Wildman–Crippen LogP) is 1.23. The van der Waals surface area contributed by atoms with Crippen LogP contribution in [0.4, 0.5) is 0 Å². The lowest BCUT2D eigenvalue weighted by Crippen LogP contribution is -2.48. The van der Waals surface area contributed by atoms with Crippen molar-refractivity contribution in [3.63, 3.8) is 0 Å². The highest BCUT2D eigenvalue weighted by Gasteiger charge is 2.26. The van der Waals surface area contributed by atoms with Crippen LogP contribution in [0.1, 0.15) is 21.6 Å². The summed E-state index contributed by atoms with van der Waals surface area (Å²) in [4.78, 5) is 41.2. The Bertz CT molecular complexity index is 1240. The summed E-state index contributed by atoms with van der Waals surface area (Å²) in [7, 11) is 1.54. The van der Waals surface area contributed by atoms with E-state index in [-0.39, 0.29) is 12.2 Å². The quantitative estimate of drug-likeness (QED) is 0.597. The molecule has 1 aliphatic heterocycles. The summed E-state index contributed by atoms with van der Waals surface area (Å²) in [6, 6.07) is 14.2. The summed E-state index contributed by atoms with van der Waals surface area (Å²) < 4.78 is 12.7. The van der Waals surface area contributed by atoms with Crippen LogP contribution in [0.2, 0.25) is 0 Å². The SMILES string of the molecule is COc1cccc(Cn2c(=O)c(C(=O)N3CCOCC3)nn(-c3ccc(C)cc3)c2=O)c1. The molecule has 1 saturated heterocycles. The van der Waals surface area contributed by atoms with Gasteiger partial charge in [0.05, 0.1) is 32.6 Å². The summed E-state index contributed by atoms with van der Waals surface area (Å²) in [5.74, 6) is 0.0895. The van der Waals surface area contributed by atoms with Gasteiger partial charge in [0.1, 0.15) is 5.75 Å². The Hall–Kier alpha value is -3.72. The number of aromatic nitrogens is 3. The van der Waals surface area contributed by atoms with Crippen molar-refractivity contribution < 1.29 is 14.3 Å². The van der Waals surface area contributed by atoms with Gasteiger partial charge in [0, 0.05) is 13.1 Å². The Morgan fingerprint density at radius 3 is 2.50 bits per heavy atom. The second-order valence-corrected chi connectivity index (χ2v) is 7.53. The van der Waals surface area contributed by atoms with E-state index < -0.39 is 17.2 Å². The first-order valence-corrected chi connectivity index (χ1v) is 10.3. The molecular weight excluding hydrogens is 412 g/mol. The molecule has 0 unspecified atom stereocenters. The van der Waals surface area contributed by atoms with Crippen molar-refractivity contribution in [2.24, 2.45) is 0 Å². The molecule has 2 aromatic carbocycles. The minimum absolute atomic E-state index is 0.0212. The molecule has 0 radical (unpaired) electrons. The highest BCUT2D eigenvalue weighted by Crippen LogP contribution is 2.13. The van der Waals surface area contributed by atoms with Crippen molar-refractivity contribution in [3.8, 4) is 11.4 Å². The number of carbonyl (C=O) groups excluding carboxylic acids is 1. The van der Waals surface area contributed by atoms with Crippen molar-refractivity contribution in [1.82, 2.24) is 19.2 Å². The molecule has 0 atom stereocenters. The molecule has 32 heavy (non-hydrogen) atoms. The van der Waals surface area contributed by atoms with Crippen LogP contribution in [0.25, 0.3) is 5.69 Å². The average molecular weight is 436 g/mol. The van der Waals surface area contributed by atoms with Gasteiger partial charge in [-0.25, -0.2) is 4.79 Å². The lowest BCUT2D eigenvalue weighted by atomic mass is 10.2. The fourth-order valence-electron chi connectivity index (χ4n) is 3.51. The standard InChI is InChI=1S/C23H24N4O5/c1-16-6-8-18(9-7-16)27-23(30)26(15-17-4-3-5-19(14-17)31-2)22(29)20(24-27)21(28)25-10-12-32-13-11-25/h3-9,14H,10-13,15H2,1-2H3. The number of hydrogen-bond acceptors (Lipinski definition) is 6. The van der Waals surface area contributed by atoms with Crippen molar-refractivity contribution in [1.29, 1.82) is 0 Å². The number of benzene rings is 2. The van der Waals surface area contributed by atoms with Gasteiger partial charge in [0.2, 0.25) is 5.69 Å². The van der Waals surface area contributed by atoms with Gasteiger partial charge in [-0.3, -0.25) is 14.2 Å². The van der Waals surface area contributed by atoms with E-state index in [9.17, 15) is 14.4 Å². The Balaban J connectivity index is 1.85. The second kappa shape index (κ2) is 9.19. The Labute approximate surface area is 184 Å². The van der Waals surface area contributed by atoms with E-state index in [1.54, 1.807) is 43.5 Å². The molecule has 1 fully saturated rings. The van der Waals surface area contributed by atoms with Gasteiger partial charge >= 0.3 is 5.69 Å². The number of aryl methyl sites for hydroxylation is 1. The summed E-state index contributed by atoms with van der Waals surface area (Å²) >= 11 is 0. The molecule has 1 aliphatic rings. The minimum atomic E-state index is -0.724. The first-order chi connectivity index (χ1) is 15.5. The number of rotatable bonds is 5. The normalized spacial score (nSPS) is 13.8. The van der Waals surface area contributed by atoms with Gasteiger partial charge in [0.25, 0.3) is 11.5 Å². The molecule has 0 spiro atoms. The van der Waals surface area contributed by atoms with Crippen LogP contribution in [-0.2, 0) is 11.3 Å². The van der Waals surface area contributed by atoms with Gasteiger partial charge < -0.3 is 14.4 Å². The smallest absolute Gasteiger partial charge is 0.352 e. The lowest BCUT2D eigenvalue weighted by molar-refractivity contribution is 0.0295. The lowest BCUT2D eigenvalue weighted by Gasteiger charge is -2.26. The van der Waals surface area contributed by atoms with Crippen LogP contribution in [0.15, 0.2) is 58.1 Å².